The zero-order valence-electron chi connectivity index (χ0n) is 12.1. The van der Waals surface area contributed by atoms with E-state index in [9.17, 15) is 8.42 Å². The Balaban J connectivity index is 2.34. The lowest BCUT2D eigenvalue weighted by atomic mass is 9.83. The maximum absolute atomic E-state index is 12.7. The van der Waals surface area contributed by atoms with Gasteiger partial charge in [-0.05, 0) is 42.9 Å². The van der Waals surface area contributed by atoms with E-state index in [0.29, 0.717) is 18.8 Å². The van der Waals surface area contributed by atoms with Crippen LogP contribution in [0.3, 0.4) is 0 Å². The van der Waals surface area contributed by atoms with Gasteiger partial charge in [0.2, 0.25) is 10.0 Å². The number of rotatable bonds is 2. The average Bonchev–Trinajstić information content (AvgIpc) is 2.33. The largest absolute Gasteiger partial charge is 0.398 e. The van der Waals surface area contributed by atoms with Crippen LogP contribution in [0, 0.1) is 12.3 Å². The van der Waals surface area contributed by atoms with Crippen LogP contribution in [0.15, 0.2) is 17.0 Å². The van der Waals surface area contributed by atoms with Crippen LogP contribution >= 0.6 is 11.6 Å². The van der Waals surface area contributed by atoms with Crippen molar-refractivity contribution in [2.45, 2.75) is 38.5 Å². The number of aryl methyl sites for hydroxylation is 1. The van der Waals surface area contributed by atoms with Crippen LogP contribution < -0.4 is 5.73 Å². The number of anilines is 1. The first-order valence-electron chi connectivity index (χ1n) is 6.69. The van der Waals surface area contributed by atoms with E-state index in [-0.39, 0.29) is 15.3 Å². The number of hydrogen-bond donors (Lipinski definition) is 1. The smallest absolute Gasteiger partial charge is 0.244 e. The second-order valence-electron chi connectivity index (χ2n) is 6.21. The average molecular weight is 317 g/mol. The SMILES string of the molecule is Cc1cc(Cl)c(S(=O)(=O)N2CCC(C)(C)CC2)cc1N. The molecular weight excluding hydrogens is 296 g/mol. The van der Waals surface area contributed by atoms with Gasteiger partial charge in [0, 0.05) is 18.8 Å². The molecule has 0 atom stereocenters. The zero-order chi connectivity index (χ0) is 15.1. The Kier molecular flexibility index (Phi) is 4.06. The summed E-state index contributed by atoms with van der Waals surface area (Å²) in [6.45, 7) is 7.18. The fourth-order valence-corrected chi connectivity index (χ4v) is 4.37. The van der Waals surface area contributed by atoms with Gasteiger partial charge < -0.3 is 5.73 Å². The predicted molar refractivity (Wildman–Crippen MR) is 82.4 cm³/mol. The molecule has 0 radical (unpaired) electrons. The first-order valence-corrected chi connectivity index (χ1v) is 8.51. The number of nitrogens with zero attached hydrogens (tertiary/aromatic N) is 1. The van der Waals surface area contributed by atoms with E-state index in [2.05, 4.69) is 13.8 Å². The summed E-state index contributed by atoms with van der Waals surface area (Å²) in [4.78, 5) is 0.113. The Morgan fingerprint density at radius 1 is 1.25 bits per heavy atom. The minimum Gasteiger partial charge on any atom is -0.398 e. The topological polar surface area (TPSA) is 63.4 Å². The summed E-state index contributed by atoms with van der Waals surface area (Å²) in [5, 5.41) is 0.238. The van der Waals surface area contributed by atoms with Crippen molar-refractivity contribution in [1.82, 2.24) is 4.31 Å². The highest BCUT2D eigenvalue weighted by atomic mass is 35.5. The fraction of sp³-hybridized carbons (Fsp3) is 0.571. The van der Waals surface area contributed by atoms with Gasteiger partial charge in [0.1, 0.15) is 4.90 Å². The standard InChI is InChI=1S/C14H21ClN2O2S/c1-10-8-11(15)13(9-12(10)16)20(18,19)17-6-4-14(2,3)5-7-17/h8-9H,4-7,16H2,1-3H3. The molecule has 0 amide bonds. The summed E-state index contributed by atoms with van der Waals surface area (Å²) in [5.74, 6) is 0. The molecule has 1 aliphatic heterocycles. The number of nitrogen functional groups attached to an aromatic ring is 1. The molecule has 0 spiro atoms. The van der Waals surface area contributed by atoms with Gasteiger partial charge in [-0.15, -0.1) is 0 Å². The van der Waals surface area contributed by atoms with Crippen LogP contribution in [0.1, 0.15) is 32.3 Å². The van der Waals surface area contributed by atoms with Crippen molar-refractivity contribution in [3.63, 3.8) is 0 Å². The molecule has 2 N–H and O–H groups in total. The van der Waals surface area contributed by atoms with Crippen molar-refractivity contribution >= 4 is 27.3 Å². The molecule has 0 bridgehead atoms. The van der Waals surface area contributed by atoms with E-state index < -0.39 is 10.0 Å². The Morgan fingerprint density at radius 3 is 2.35 bits per heavy atom. The van der Waals surface area contributed by atoms with Crippen LogP contribution in [0.4, 0.5) is 5.69 Å². The molecule has 20 heavy (non-hydrogen) atoms. The zero-order valence-corrected chi connectivity index (χ0v) is 13.7. The summed E-state index contributed by atoms with van der Waals surface area (Å²) in [5.41, 5.74) is 7.25. The highest BCUT2D eigenvalue weighted by Crippen LogP contribution is 2.35. The van der Waals surface area contributed by atoms with Crippen molar-refractivity contribution in [2.75, 3.05) is 18.8 Å². The quantitative estimate of drug-likeness (QED) is 0.853. The number of piperidine rings is 1. The van der Waals surface area contributed by atoms with Gasteiger partial charge >= 0.3 is 0 Å². The first-order chi connectivity index (χ1) is 9.13. The van der Waals surface area contributed by atoms with E-state index >= 15 is 0 Å². The van der Waals surface area contributed by atoms with Crippen molar-refractivity contribution in [2.24, 2.45) is 5.41 Å². The lowest BCUT2D eigenvalue weighted by Gasteiger charge is -2.36. The highest BCUT2D eigenvalue weighted by Gasteiger charge is 2.33. The van der Waals surface area contributed by atoms with Gasteiger partial charge in [0.05, 0.1) is 5.02 Å². The van der Waals surface area contributed by atoms with Crippen molar-refractivity contribution in [3.05, 3.63) is 22.7 Å². The first kappa shape index (κ1) is 15.6. The summed E-state index contributed by atoms with van der Waals surface area (Å²) >= 11 is 6.10. The van der Waals surface area contributed by atoms with Gasteiger partial charge in [-0.25, -0.2) is 8.42 Å². The molecule has 4 nitrogen and oxygen atoms in total. The molecular formula is C14H21ClN2O2S. The van der Waals surface area contributed by atoms with Gasteiger partial charge in [0.25, 0.3) is 0 Å². The van der Waals surface area contributed by atoms with Crippen LogP contribution in [-0.4, -0.2) is 25.8 Å². The Morgan fingerprint density at radius 2 is 1.80 bits per heavy atom. The van der Waals surface area contributed by atoms with Crippen LogP contribution in [0.2, 0.25) is 5.02 Å². The van der Waals surface area contributed by atoms with Crippen LogP contribution in [-0.2, 0) is 10.0 Å². The molecule has 6 heteroatoms. The lowest BCUT2D eigenvalue weighted by molar-refractivity contribution is 0.196. The lowest BCUT2D eigenvalue weighted by Crippen LogP contribution is -2.41. The second-order valence-corrected chi connectivity index (χ2v) is 8.52. The monoisotopic (exact) mass is 316 g/mol. The van der Waals surface area contributed by atoms with Crippen LogP contribution in [0.25, 0.3) is 0 Å². The van der Waals surface area contributed by atoms with Gasteiger partial charge in [0.15, 0.2) is 0 Å². The van der Waals surface area contributed by atoms with Crippen molar-refractivity contribution < 1.29 is 8.42 Å². The van der Waals surface area contributed by atoms with Gasteiger partial charge in [-0.2, -0.15) is 4.31 Å². The summed E-state index contributed by atoms with van der Waals surface area (Å²) in [6, 6.07) is 3.07. The molecule has 0 unspecified atom stereocenters. The molecule has 0 aromatic heterocycles. The predicted octanol–water partition coefficient (Wildman–Crippen LogP) is 3.04. The number of hydrogen-bond acceptors (Lipinski definition) is 3. The fourth-order valence-electron chi connectivity index (χ4n) is 2.34. The van der Waals surface area contributed by atoms with Crippen molar-refractivity contribution in [3.8, 4) is 0 Å². The molecule has 1 aromatic carbocycles. The Hall–Kier alpha value is -0.780. The minimum atomic E-state index is -3.56. The Bertz CT molecular complexity index is 616. The molecule has 1 fully saturated rings. The number of nitrogens with two attached hydrogens (primary N) is 1. The maximum Gasteiger partial charge on any atom is 0.244 e. The molecule has 1 saturated heterocycles. The minimum absolute atomic E-state index is 0.113. The molecule has 0 saturated carbocycles. The molecule has 1 heterocycles. The summed E-state index contributed by atoms with van der Waals surface area (Å²) in [7, 11) is -3.56. The molecule has 112 valence electrons. The molecule has 1 aromatic rings. The third-order valence-corrected chi connectivity index (χ3v) is 6.38. The molecule has 2 rings (SSSR count). The summed E-state index contributed by atoms with van der Waals surface area (Å²) < 4.78 is 26.8. The normalized spacial score (nSPS) is 20.0. The van der Waals surface area contributed by atoms with Crippen LogP contribution in [0.5, 0.6) is 0 Å². The summed E-state index contributed by atoms with van der Waals surface area (Å²) in [6.07, 6.45) is 1.70. The molecule has 1 aliphatic rings. The van der Waals surface area contributed by atoms with Gasteiger partial charge in [-0.1, -0.05) is 25.4 Å². The highest BCUT2D eigenvalue weighted by molar-refractivity contribution is 7.89. The number of benzene rings is 1. The maximum atomic E-state index is 12.7. The van der Waals surface area contributed by atoms with E-state index in [1.807, 2.05) is 0 Å². The van der Waals surface area contributed by atoms with E-state index in [0.717, 1.165) is 18.4 Å². The van der Waals surface area contributed by atoms with Gasteiger partial charge in [-0.3, -0.25) is 0 Å². The van der Waals surface area contributed by atoms with E-state index in [4.69, 9.17) is 17.3 Å². The second kappa shape index (κ2) is 5.20. The molecule has 0 aliphatic carbocycles. The third kappa shape index (κ3) is 2.95. The number of sulfonamides is 1. The Labute approximate surface area is 126 Å². The van der Waals surface area contributed by atoms with Crippen molar-refractivity contribution in [1.29, 1.82) is 0 Å². The van der Waals surface area contributed by atoms with E-state index in [1.54, 1.807) is 13.0 Å². The number of halogens is 1. The third-order valence-electron chi connectivity index (χ3n) is 4.01. The van der Waals surface area contributed by atoms with E-state index in [1.165, 1.54) is 10.4 Å².